The number of rotatable bonds is 2. The normalized spacial score (nSPS) is 14.7. The van der Waals surface area contributed by atoms with Gasteiger partial charge in [0.2, 0.25) is 0 Å². The van der Waals surface area contributed by atoms with Gasteiger partial charge in [-0.05, 0) is 68.8 Å². The predicted octanol–water partition coefficient (Wildman–Crippen LogP) is 8.27. The van der Waals surface area contributed by atoms with Gasteiger partial charge in [-0.15, -0.1) is 11.3 Å². The Morgan fingerprint density at radius 1 is 0.886 bits per heavy atom. The van der Waals surface area contributed by atoms with Crippen molar-refractivity contribution in [3.8, 4) is 21.7 Å². The second-order valence-electron chi connectivity index (χ2n) is 11.3. The van der Waals surface area contributed by atoms with Gasteiger partial charge in [0.25, 0.3) is 0 Å². The van der Waals surface area contributed by atoms with E-state index in [1.807, 2.05) is 11.3 Å². The molecule has 2 nitrogen and oxygen atoms in total. The molecule has 0 saturated carbocycles. The SMILES string of the molecule is Cc1c(-c2ccc3c(c2)C=C[Si]3(C)C)sc2c(-c3cc(C(C)(C)C)c4ccccc4c3)ncnc12. The summed E-state index contributed by atoms with van der Waals surface area (Å²) in [6.45, 7) is 13.9. The van der Waals surface area contributed by atoms with Crippen LogP contribution in [-0.4, -0.2) is 18.0 Å². The van der Waals surface area contributed by atoms with Gasteiger partial charge in [-0.2, -0.15) is 0 Å². The smallest absolute Gasteiger partial charge is 0.116 e. The lowest BCUT2D eigenvalue weighted by Crippen LogP contribution is -2.37. The van der Waals surface area contributed by atoms with E-state index in [2.05, 4.69) is 107 Å². The number of thiophene rings is 1. The van der Waals surface area contributed by atoms with Gasteiger partial charge in [-0.3, -0.25) is 0 Å². The van der Waals surface area contributed by atoms with Crippen molar-refractivity contribution in [1.29, 1.82) is 0 Å². The topological polar surface area (TPSA) is 25.8 Å². The summed E-state index contributed by atoms with van der Waals surface area (Å²) in [6.07, 6.45) is 4.05. The van der Waals surface area contributed by atoms with E-state index < -0.39 is 8.07 Å². The molecule has 5 aromatic rings. The number of hydrogen-bond donors (Lipinski definition) is 0. The first kappa shape index (κ1) is 22.4. The molecule has 35 heavy (non-hydrogen) atoms. The lowest BCUT2D eigenvalue weighted by atomic mass is 9.82. The summed E-state index contributed by atoms with van der Waals surface area (Å²) < 4.78 is 1.17. The third-order valence-corrected chi connectivity index (χ3v) is 11.5. The molecule has 0 bridgehead atoms. The summed E-state index contributed by atoms with van der Waals surface area (Å²) in [4.78, 5) is 10.9. The Bertz CT molecular complexity index is 1670. The highest BCUT2D eigenvalue weighted by Gasteiger charge is 2.28. The third kappa shape index (κ3) is 3.59. The molecule has 0 aliphatic carbocycles. The molecule has 0 spiro atoms. The Hall–Kier alpha value is -3.08. The molecule has 0 radical (unpaired) electrons. The van der Waals surface area contributed by atoms with Crippen LogP contribution >= 0.6 is 11.3 Å². The van der Waals surface area contributed by atoms with E-state index in [1.54, 1.807) is 6.33 Å². The summed E-state index contributed by atoms with van der Waals surface area (Å²) >= 11 is 1.82. The fourth-order valence-corrected chi connectivity index (χ4v) is 8.85. The number of aromatic nitrogens is 2. The van der Waals surface area contributed by atoms with Crippen molar-refractivity contribution in [1.82, 2.24) is 9.97 Å². The minimum absolute atomic E-state index is 0.0350. The zero-order chi connectivity index (χ0) is 24.5. The van der Waals surface area contributed by atoms with Crippen molar-refractivity contribution in [3.05, 3.63) is 83.3 Å². The Morgan fingerprint density at radius 3 is 2.49 bits per heavy atom. The van der Waals surface area contributed by atoms with Gasteiger partial charge in [0.15, 0.2) is 0 Å². The predicted molar refractivity (Wildman–Crippen MR) is 155 cm³/mol. The van der Waals surface area contributed by atoms with Crippen LogP contribution in [-0.2, 0) is 5.41 Å². The molecule has 1 aliphatic rings. The standard InChI is InChI=1S/C31H30N2SSi/c1-19-27-30(34-29(19)22-11-12-26-21(16-22)13-14-35(26,5)6)28(33-18-32-27)23-15-20-9-7-8-10-24(20)25(17-23)31(2,3)4/h7-18H,1-6H3. The maximum atomic E-state index is 4.83. The molecular formula is C31H30N2SSi. The largest absolute Gasteiger partial charge is 0.235 e. The lowest BCUT2D eigenvalue weighted by molar-refractivity contribution is 0.596. The molecule has 0 saturated heterocycles. The van der Waals surface area contributed by atoms with Crippen LogP contribution in [0, 0.1) is 6.92 Å². The first-order valence-electron chi connectivity index (χ1n) is 12.3. The fourth-order valence-electron chi connectivity index (χ4n) is 5.39. The van der Waals surface area contributed by atoms with Crippen LogP contribution in [0.1, 0.15) is 37.5 Å². The Kier molecular flexibility index (Phi) is 4.93. The molecule has 0 atom stereocenters. The van der Waals surface area contributed by atoms with Crippen LogP contribution in [0.15, 0.2) is 66.6 Å². The van der Waals surface area contributed by atoms with Crippen molar-refractivity contribution in [2.45, 2.75) is 46.2 Å². The van der Waals surface area contributed by atoms with Gasteiger partial charge < -0.3 is 0 Å². The van der Waals surface area contributed by atoms with Gasteiger partial charge >= 0.3 is 0 Å². The molecule has 0 fully saturated rings. The second kappa shape index (κ2) is 7.71. The quantitative estimate of drug-likeness (QED) is 0.233. The zero-order valence-electron chi connectivity index (χ0n) is 21.2. The Balaban J connectivity index is 1.56. The molecule has 0 N–H and O–H groups in total. The molecule has 4 heteroatoms. The molecule has 0 unspecified atom stereocenters. The van der Waals surface area contributed by atoms with Gasteiger partial charge in [0.05, 0.1) is 15.9 Å². The molecular weight excluding hydrogens is 461 g/mol. The Morgan fingerprint density at radius 2 is 1.69 bits per heavy atom. The first-order valence-corrected chi connectivity index (χ1v) is 16.1. The van der Waals surface area contributed by atoms with Gasteiger partial charge in [0.1, 0.15) is 14.4 Å². The average Bonchev–Trinajstić information content (AvgIpc) is 3.33. The number of benzene rings is 3. The maximum absolute atomic E-state index is 4.83. The van der Waals surface area contributed by atoms with Crippen molar-refractivity contribution in [3.63, 3.8) is 0 Å². The summed E-state index contributed by atoms with van der Waals surface area (Å²) in [5, 5.41) is 4.11. The highest BCUT2D eigenvalue weighted by molar-refractivity contribution is 7.23. The molecule has 2 aromatic heterocycles. The maximum Gasteiger partial charge on any atom is 0.116 e. The summed E-state index contributed by atoms with van der Waals surface area (Å²) in [6, 6.07) is 20.3. The van der Waals surface area contributed by atoms with E-state index in [0.717, 1.165) is 11.2 Å². The van der Waals surface area contributed by atoms with Crippen molar-refractivity contribution >= 4 is 51.7 Å². The van der Waals surface area contributed by atoms with E-state index in [-0.39, 0.29) is 5.41 Å². The highest BCUT2D eigenvalue weighted by Crippen LogP contribution is 2.43. The van der Waals surface area contributed by atoms with E-state index in [9.17, 15) is 0 Å². The van der Waals surface area contributed by atoms with Crippen LogP contribution in [0.3, 0.4) is 0 Å². The van der Waals surface area contributed by atoms with Gasteiger partial charge in [0, 0.05) is 10.4 Å². The third-order valence-electron chi connectivity index (χ3n) is 7.33. The Labute approximate surface area is 212 Å². The number of nitrogens with zero attached hydrogens (tertiary/aromatic N) is 2. The minimum Gasteiger partial charge on any atom is -0.235 e. The highest BCUT2D eigenvalue weighted by atomic mass is 32.1. The van der Waals surface area contributed by atoms with Crippen molar-refractivity contribution < 1.29 is 0 Å². The van der Waals surface area contributed by atoms with Gasteiger partial charge in [-0.25, -0.2) is 9.97 Å². The molecule has 3 aromatic carbocycles. The van der Waals surface area contributed by atoms with Crippen LogP contribution in [0.4, 0.5) is 0 Å². The van der Waals surface area contributed by atoms with Crippen LogP contribution in [0.5, 0.6) is 0 Å². The average molecular weight is 491 g/mol. The monoisotopic (exact) mass is 490 g/mol. The number of hydrogen-bond acceptors (Lipinski definition) is 3. The molecule has 3 heterocycles. The van der Waals surface area contributed by atoms with E-state index in [4.69, 9.17) is 9.97 Å². The molecule has 6 rings (SSSR count). The van der Waals surface area contributed by atoms with Crippen LogP contribution in [0.2, 0.25) is 13.1 Å². The first-order chi connectivity index (χ1) is 16.6. The summed E-state index contributed by atoms with van der Waals surface area (Å²) in [7, 11) is -1.43. The molecule has 174 valence electrons. The minimum atomic E-state index is -1.43. The second-order valence-corrected chi connectivity index (χ2v) is 16.6. The summed E-state index contributed by atoms with van der Waals surface area (Å²) in [5.41, 5.74) is 11.0. The number of fused-ring (bicyclic) bond motifs is 3. The van der Waals surface area contributed by atoms with Gasteiger partial charge in [-0.1, -0.05) is 82.0 Å². The molecule has 1 aliphatic heterocycles. The lowest BCUT2D eigenvalue weighted by Gasteiger charge is -2.22. The fraction of sp³-hybridized carbons (Fsp3) is 0.226. The van der Waals surface area contributed by atoms with Crippen molar-refractivity contribution in [2.24, 2.45) is 0 Å². The van der Waals surface area contributed by atoms with E-state index in [1.165, 1.54) is 53.4 Å². The van der Waals surface area contributed by atoms with E-state index in [0.29, 0.717) is 0 Å². The zero-order valence-corrected chi connectivity index (χ0v) is 23.0. The van der Waals surface area contributed by atoms with Crippen molar-refractivity contribution in [2.75, 3.05) is 0 Å². The number of aryl methyl sites for hydroxylation is 1. The van der Waals surface area contributed by atoms with E-state index >= 15 is 0 Å². The summed E-state index contributed by atoms with van der Waals surface area (Å²) in [5.74, 6) is 0. The van der Waals surface area contributed by atoms with Crippen LogP contribution in [0.25, 0.3) is 48.8 Å². The molecule has 0 amide bonds. The van der Waals surface area contributed by atoms with Crippen LogP contribution < -0.4 is 5.19 Å².